The Morgan fingerprint density at radius 2 is 1.93 bits per heavy atom. The number of hydrogen-bond donors (Lipinski definition) is 1. The Bertz CT molecular complexity index is 207. The highest BCUT2D eigenvalue weighted by Crippen LogP contribution is 2.17. The van der Waals surface area contributed by atoms with Crippen molar-refractivity contribution in [3.63, 3.8) is 0 Å². The van der Waals surface area contributed by atoms with E-state index < -0.39 is 6.04 Å². The number of hydrogen-bond acceptors (Lipinski definition) is 3. The molecule has 1 unspecified atom stereocenters. The van der Waals surface area contributed by atoms with Crippen LogP contribution in [0.5, 0.6) is 0 Å². The molecular formula is C10H20N2O2. The normalized spacial score (nSPS) is 13.9. The quantitative estimate of drug-likeness (QED) is 0.663. The van der Waals surface area contributed by atoms with Gasteiger partial charge in [0.25, 0.3) is 0 Å². The standard InChI is InChI=1S/C10H20N2O2/c1-10(2,3)8(7-13)11-9(14)6-12(4)5/h7-8H,6H2,1-5H3,(H,11,14). The molecule has 4 heteroatoms. The van der Waals surface area contributed by atoms with Crippen LogP contribution in [0.1, 0.15) is 20.8 Å². The van der Waals surface area contributed by atoms with Crippen molar-refractivity contribution in [2.75, 3.05) is 20.6 Å². The van der Waals surface area contributed by atoms with Crippen molar-refractivity contribution in [3.8, 4) is 0 Å². The zero-order valence-electron chi connectivity index (χ0n) is 9.63. The molecule has 0 heterocycles. The van der Waals surface area contributed by atoms with Crippen LogP contribution >= 0.6 is 0 Å². The van der Waals surface area contributed by atoms with Gasteiger partial charge < -0.3 is 15.0 Å². The summed E-state index contributed by atoms with van der Waals surface area (Å²) < 4.78 is 0. The fourth-order valence-corrected chi connectivity index (χ4v) is 0.961. The number of nitrogens with zero attached hydrogens (tertiary/aromatic N) is 1. The second kappa shape index (κ2) is 5.10. The summed E-state index contributed by atoms with van der Waals surface area (Å²) in [5, 5.41) is 2.69. The first-order chi connectivity index (χ1) is 6.27. The molecular weight excluding hydrogens is 180 g/mol. The fourth-order valence-electron chi connectivity index (χ4n) is 0.961. The molecule has 14 heavy (non-hydrogen) atoms. The van der Waals surface area contributed by atoms with Gasteiger partial charge in [-0.25, -0.2) is 0 Å². The topological polar surface area (TPSA) is 49.4 Å². The minimum absolute atomic E-state index is 0.123. The highest BCUT2D eigenvalue weighted by atomic mass is 16.2. The summed E-state index contributed by atoms with van der Waals surface area (Å²) in [6.07, 6.45) is 0.785. The molecule has 82 valence electrons. The summed E-state index contributed by atoms with van der Waals surface area (Å²) >= 11 is 0. The van der Waals surface area contributed by atoms with E-state index in [-0.39, 0.29) is 11.3 Å². The predicted octanol–water partition coefficient (Wildman–Crippen LogP) is 0.278. The lowest BCUT2D eigenvalue weighted by atomic mass is 9.87. The molecule has 0 saturated carbocycles. The Morgan fingerprint density at radius 1 is 1.43 bits per heavy atom. The third kappa shape index (κ3) is 4.97. The number of aldehydes is 1. The van der Waals surface area contributed by atoms with Crippen LogP contribution in [0, 0.1) is 5.41 Å². The van der Waals surface area contributed by atoms with Gasteiger partial charge in [0, 0.05) is 0 Å². The van der Waals surface area contributed by atoms with Crippen LogP contribution in [-0.4, -0.2) is 43.8 Å². The summed E-state index contributed by atoms with van der Waals surface area (Å²) in [4.78, 5) is 23.9. The van der Waals surface area contributed by atoms with Crippen LogP contribution in [0.3, 0.4) is 0 Å². The molecule has 1 N–H and O–H groups in total. The minimum Gasteiger partial charge on any atom is -0.345 e. The predicted molar refractivity (Wildman–Crippen MR) is 56.0 cm³/mol. The highest BCUT2D eigenvalue weighted by molar-refractivity contribution is 5.81. The molecule has 0 bridgehead atoms. The zero-order valence-corrected chi connectivity index (χ0v) is 9.63. The number of carbonyl (C=O) groups is 2. The maximum atomic E-state index is 11.4. The SMILES string of the molecule is CN(C)CC(=O)NC(C=O)C(C)(C)C. The highest BCUT2D eigenvalue weighted by Gasteiger charge is 2.25. The third-order valence-electron chi connectivity index (χ3n) is 1.85. The lowest BCUT2D eigenvalue weighted by molar-refractivity contribution is -0.126. The van der Waals surface area contributed by atoms with E-state index in [2.05, 4.69) is 5.32 Å². The van der Waals surface area contributed by atoms with Gasteiger partial charge in [-0.15, -0.1) is 0 Å². The van der Waals surface area contributed by atoms with E-state index in [1.807, 2.05) is 34.9 Å². The second-order valence-corrected chi connectivity index (χ2v) is 4.79. The van der Waals surface area contributed by atoms with Crippen LogP contribution in [0.15, 0.2) is 0 Å². The Hall–Kier alpha value is -0.900. The van der Waals surface area contributed by atoms with Crippen molar-refractivity contribution < 1.29 is 9.59 Å². The van der Waals surface area contributed by atoms with Crippen molar-refractivity contribution in [1.29, 1.82) is 0 Å². The summed E-state index contributed by atoms with van der Waals surface area (Å²) in [6.45, 7) is 6.06. The molecule has 0 aromatic heterocycles. The van der Waals surface area contributed by atoms with E-state index in [0.717, 1.165) is 6.29 Å². The molecule has 0 saturated heterocycles. The molecule has 0 spiro atoms. The number of amides is 1. The minimum atomic E-state index is -0.421. The van der Waals surface area contributed by atoms with E-state index in [1.54, 1.807) is 4.90 Å². The van der Waals surface area contributed by atoms with Gasteiger partial charge in [0.1, 0.15) is 6.29 Å². The van der Waals surface area contributed by atoms with Crippen LogP contribution in [0.25, 0.3) is 0 Å². The molecule has 0 fully saturated rings. The molecule has 1 atom stereocenters. The van der Waals surface area contributed by atoms with Gasteiger partial charge >= 0.3 is 0 Å². The second-order valence-electron chi connectivity index (χ2n) is 4.79. The van der Waals surface area contributed by atoms with Crippen LogP contribution in [0.2, 0.25) is 0 Å². The van der Waals surface area contributed by atoms with Gasteiger partial charge in [-0.3, -0.25) is 4.79 Å². The summed E-state index contributed by atoms with van der Waals surface area (Å²) in [7, 11) is 3.62. The average molecular weight is 200 g/mol. The number of carbonyl (C=O) groups excluding carboxylic acids is 2. The molecule has 4 nitrogen and oxygen atoms in total. The molecule has 0 rings (SSSR count). The monoisotopic (exact) mass is 200 g/mol. The van der Waals surface area contributed by atoms with Gasteiger partial charge in [-0.1, -0.05) is 20.8 Å². The number of likely N-dealkylation sites (N-methyl/N-ethyl adjacent to an activating group) is 1. The molecule has 0 aliphatic carbocycles. The van der Waals surface area contributed by atoms with Gasteiger partial charge in [-0.05, 0) is 19.5 Å². The van der Waals surface area contributed by atoms with Gasteiger partial charge in [0.2, 0.25) is 5.91 Å². The van der Waals surface area contributed by atoms with E-state index in [4.69, 9.17) is 0 Å². The lowest BCUT2D eigenvalue weighted by Crippen LogP contribution is -2.47. The maximum absolute atomic E-state index is 11.4. The van der Waals surface area contributed by atoms with E-state index in [9.17, 15) is 9.59 Å². The van der Waals surface area contributed by atoms with Crippen molar-refractivity contribution >= 4 is 12.2 Å². The molecule has 0 aromatic rings. The van der Waals surface area contributed by atoms with Crippen LogP contribution in [-0.2, 0) is 9.59 Å². The van der Waals surface area contributed by atoms with Crippen LogP contribution < -0.4 is 5.32 Å². The van der Waals surface area contributed by atoms with Gasteiger partial charge in [0.05, 0.1) is 12.6 Å². The first-order valence-electron chi connectivity index (χ1n) is 4.66. The Balaban J connectivity index is 4.20. The Morgan fingerprint density at radius 3 is 2.21 bits per heavy atom. The number of nitrogens with one attached hydrogen (secondary N) is 1. The lowest BCUT2D eigenvalue weighted by Gasteiger charge is -2.27. The summed E-state index contributed by atoms with van der Waals surface area (Å²) in [5.74, 6) is -0.123. The van der Waals surface area contributed by atoms with E-state index in [0.29, 0.717) is 6.54 Å². The average Bonchev–Trinajstić information content (AvgIpc) is 1.96. The first-order valence-corrected chi connectivity index (χ1v) is 4.66. The van der Waals surface area contributed by atoms with E-state index >= 15 is 0 Å². The Kier molecular flexibility index (Phi) is 4.77. The zero-order chi connectivity index (χ0) is 11.4. The van der Waals surface area contributed by atoms with Gasteiger partial charge in [-0.2, -0.15) is 0 Å². The summed E-state index contributed by atoms with van der Waals surface area (Å²) in [5.41, 5.74) is -0.232. The van der Waals surface area contributed by atoms with Crippen molar-refractivity contribution in [3.05, 3.63) is 0 Å². The number of rotatable bonds is 4. The molecule has 0 aliphatic heterocycles. The van der Waals surface area contributed by atoms with E-state index in [1.165, 1.54) is 0 Å². The summed E-state index contributed by atoms with van der Waals surface area (Å²) in [6, 6.07) is -0.421. The Labute approximate surface area is 85.7 Å². The molecule has 0 radical (unpaired) electrons. The smallest absolute Gasteiger partial charge is 0.234 e. The largest absolute Gasteiger partial charge is 0.345 e. The maximum Gasteiger partial charge on any atom is 0.234 e. The van der Waals surface area contributed by atoms with Crippen LogP contribution in [0.4, 0.5) is 0 Å². The third-order valence-corrected chi connectivity index (χ3v) is 1.85. The molecule has 0 aromatic carbocycles. The molecule has 0 aliphatic rings. The van der Waals surface area contributed by atoms with Crippen molar-refractivity contribution in [2.45, 2.75) is 26.8 Å². The van der Waals surface area contributed by atoms with Gasteiger partial charge in [0.15, 0.2) is 0 Å². The van der Waals surface area contributed by atoms with Crippen molar-refractivity contribution in [1.82, 2.24) is 10.2 Å². The first kappa shape index (κ1) is 13.1. The molecule has 1 amide bonds. The van der Waals surface area contributed by atoms with Crippen molar-refractivity contribution in [2.24, 2.45) is 5.41 Å². The fraction of sp³-hybridized carbons (Fsp3) is 0.800.